The third-order valence-corrected chi connectivity index (χ3v) is 4.12. The van der Waals surface area contributed by atoms with Gasteiger partial charge in [0.1, 0.15) is 0 Å². The lowest BCUT2D eigenvalue weighted by Gasteiger charge is -2.19. The minimum absolute atomic E-state index is 0.0261. The van der Waals surface area contributed by atoms with E-state index < -0.39 is 5.97 Å². The summed E-state index contributed by atoms with van der Waals surface area (Å²) in [6, 6.07) is 5.04. The van der Waals surface area contributed by atoms with Gasteiger partial charge in [-0.15, -0.1) is 0 Å². The van der Waals surface area contributed by atoms with Crippen LogP contribution in [0.25, 0.3) is 0 Å². The zero-order valence-corrected chi connectivity index (χ0v) is 12.1. The molecule has 102 valence electrons. The number of para-hydroxylation sites is 1. The fourth-order valence-electron chi connectivity index (χ4n) is 2.19. The molecule has 2 N–H and O–H groups in total. The Morgan fingerprint density at radius 3 is 2.89 bits per heavy atom. The summed E-state index contributed by atoms with van der Waals surface area (Å²) in [4.78, 5) is 25.2. The van der Waals surface area contributed by atoms with Gasteiger partial charge in [0.2, 0.25) is 5.91 Å². The van der Waals surface area contributed by atoms with E-state index in [1.165, 1.54) is 7.11 Å². The van der Waals surface area contributed by atoms with Crippen LogP contribution in [0.5, 0.6) is 0 Å². The van der Waals surface area contributed by atoms with Gasteiger partial charge in [0.15, 0.2) is 0 Å². The van der Waals surface area contributed by atoms with E-state index in [9.17, 15) is 9.59 Å². The second-order valence-corrected chi connectivity index (χ2v) is 5.11. The standard InChI is InChI=1S/C13H15BrN2O3/c1-19-13(18)9-3-2-4-10(12(9)15)16-7-8(6-14)5-11(16)17/h2-4,8H,5-7,15H2,1H3. The van der Waals surface area contributed by atoms with Crippen molar-refractivity contribution in [2.75, 3.05) is 29.6 Å². The van der Waals surface area contributed by atoms with Crippen molar-refractivity contribution in [2.24, 2.45) is 5.92 Å². The number of halogens is 1. The predicted molar refractivity (Wildman–Crippen MR) is 76.4 cm³/mol. The highest BCUT2D eigenvalue weighted by atomic mass is 79.9. The smallest absolute Gasteiger partial charge is 0.340 e. The van der Waals surface area contributed by atoms with E-state index in [4.69, 9.17) is 5.73 Å². The average Bonchev–Trinajstić information content (AvgIpc) is 2.79. The topological polar surface area (TPSA) is 72.6 Å². The molecule has 1 fully saturated rings. The number of carbonyl (C=O) groups excluding carboxylic acids is 2. The van der Waals surface area contributed by atoms with E-state index in [-0.39, 0.29) is 23.1 Å². The molecule has 1 heterocycles. The molecule has 5 nitrogen and oxygen atoms in total. The summed E-state index contributed by atoms with van der Waals surface area (Å²) in [5.41, 5.74) is 7.14. The van der Waals surface area contributed by atoms with Crippen LogP contribution in [-0.4, -0.2) is 30.9 Å². The van der Waals surface area contributed by atoms with Gasteiger partial charge >= 0.3 is 5.97 Å². The van der Waals surface area contributed by atoms with Crippen LogP contribution in [0.1, 0.15) is 16.8 Å². The second kappa shape index (κ2) is 5.61. The molecule has 1 amide bonds. The third kappa shape index (κ3) is 2.58. The number of alkyl halides is 1. The second-order valence-electron chi connectivity index (χ2n) is 4.46. The molecule has 0 aromatic heterocycles. The minimum Gasteiger partial charge on any atom is -0.465 e. The van der Waals surface area contributed by atoms with Gasteiger partial charge in [-0.3, -0.25) is 4.79 Å². The zero-order valence-electron chi connectivity index (χ0n) is 10.6. The van der Waals surface area contributed by atoms with E-state index in [1.54, 1.807) is 23.1 Å². The fraction of sp³-hybridized carbons (Fsp3) is 0.385. The number of rotatable bonds is 3. The fourth-order valence-corrected chi connectivity index (χ4v) is 2.63. The Hall–Kier alpha value is -1.56. The number of amides is 1. The first-order valence-corrected chi connectivity index (χ1v) is 7.03. The van der Waals surface area contributed by atoms with Gasteiger partial charge in [0.05, 0.1) is 24.0 Å². The summed E-state index contributed by atoms with van der Waals surface area (Å²) < 4.78 is 4.67. The normalized spacial score (nSPS) is 18.7. The van der Waals surface area contributed by atoms with Gasteiger partial charge < -0.3 is 15.4 Å². The van der Waals surface area contributed by atoms with E-state index in [1.807, 2.05) is 0 Å². The molecule has 0 bridgehead atoms. The van der Waals surface area contributed by atoms with Crippen LogP contribution in [0.3, 0.4) is 0 Å². The lowest BCUT2D eigenvalue weighted by molar-refractivity contribution is -0.117. The summed E-state index contributed by atoms with van der Waals surface area (Å²) in [5.74, 6) is -0.199. The molecule has 0 radical (unpaired) electrons. The predicted octanol–water partition coefficient (Wildman–Crippen LogP) is 1.80. The lowest BCUT2D eigenvalue weighted by Crippen LogP contribution is -2.26. The molecule has 19 heavy (non-hydrogen) atoms. The van der Waals surface area contributed by atoms with Crippen molar-refractivity contribution >= 4 is 39.2 Å². The highest BCUT2D eigenvalue weighted by molar-refractivity contribution is 9.09. The number of nitrogens with two attached hydrogens (primary N) is 1. The molecular formula is C13H15BrN2O3. The third-order valence-electron chi connectivity index (χ3n) is 3.20. The van der Waals surface area contributed by atoms with Gasteiger partial charge in [0, 0.05) is 18.3 Å². The van der Waals surface area contributed by atoms with Crippen LogP contribution in [0.4, 0.5) is 11.4 Å². The SMILES string of the molecule is COC(=O)c1cccc(N2CC(CBr)CC2=O)c1N. The van der Waals surface area contributed by atoms with Crippen LogP contribution >= 0.6 is 15.9 Å². The van der Waals surface area contributed by atoms with E-state index >= 15 is 0 Å². The van der Waals surface area contributed by atoms with Crippen molar-refractivity contribution in [3.8, 4) is 0 Å². The molecule has 0 saturated carbocycles. The van der Waals surface area contributed by atoms with E-state index in [0.717, 1.165) is 5.33 Å². The molecule has 2 rings (SSSR count). The highest BCUT2D eigenvalue weighted by Crippen LogP contribution is 2.32. The summed E-state index contributed by atoms with van der Waals surface area (Å²) in [5, 5.41) is 0.770. The van der Waals surface area contributed by atoms with Gasteiger partial charge in [-0.1, -0.05) is 22.0 Å². The first-order chi connectivity index (χ1) is 9.08. The molecule has 6 heteroatoms. The molecule has 0 aliphatic carbocycles. The Kier molecular flexibility index (Phi) is 4.09. The Bertz CT molecular complexity index is 519. The molecular weight excluding hydrogens is 312 g/mol. The van der Waals surface area contributed by atoms with Gasteiger partial charge in [0.25, 0.3) is 0 Å². The van der Waals surface area contributed by atoms with Crippen LogP contribution in [0, 0.1) is 5.92 Å². The summed E-state index contributed by atoms with van der Waals surface area (Å²) in [6.07, 6.45) is 0.493. The molecule has 1 saturated heterocycles. The number of nitrogens with zero attached hydrogens (tertiary/aromatic N) is 1. The number of carbonyl (C=O) groups is 2. The molecule has 1 aliphatic rings. The quantitative estimate of drug-likeness (QED) is 0.522. The Morgan fingerprint density at radius 2 is 2.32 bits per heavy atom. The van der Waals surface area contributed by atoms with E-state index in [0.29, 0.717) is 18.7 Å². The summed E-state index contributed by atoms with van der Waals surface area (Å²) >= 11 is 3.39. The first kappa shape index (κ1) is 13.9. The van der Waals surface area contributed by atoms with Crippen molar-refractivity contribution in [1.29, 1.82) is 0 Å². The molecule has 1 aromatic carbocycles. The van der Waals surface area contributed by atoms with Crippen LogP contribution < -0.4 is 10.6 Å². The van der Waals surface area contributed by atoms with Crippen LogP contribution in [-0.2, 0) is 9.53 Å². The van der Waals surface area contributed by atoms with Crippen molar-refractivity contribution in [3.05, 3.63) is 23.8 Å². The molecule has 1 unspecified atom stereocenters. The molecule has 1 aromatic rings. The Balaban J connectivity index is 2.36. The van der Waals surface area contributed by atoms with Gasteiger partial charge in [-0.05, 0) is 18.1 Å². The number of esters is 1. The van der Waals surface area contributed by atoms with Gasteiger partial charge in [-0.25, -0.2) is 4.79 Å². The Labute approximate surface area is 119 Å². The molecule has 0 spiro atoms. The van der Waals surface area contributed by atoms with Crippen molar-refractivity contribution < 1.29 is 14.3 Å². The monoisotopic (exact) mass is 326 g/mol. The molecule has 1 atom stereocenters. The first-order valence-electron chi connectivity index (χ1n) is 5.91. The number of anilines is 2. The summed E-state index contributed by atoms with van der Waals surface area (Å²) in [6.45, 7) is 0.610. The number of methoxy groups -OCH3 is 1. The van der Waals surface area contributed by atoms with Gasteiger partial charge in [-0.2, -0.15) is 0 Å². The van der Waals surface area contributed by atoms with Crippen LogP contribution in [0.15, 0.2) is 18.2 Å². The maximum absolute atomic E-state index is 12.0. The lowest BCUT2D eigenvalue weighted by atomic mass is 10.1. The maximum atomic E-state index is 12.0. The number of hydrogen-bond donors (Lipinski definition) is 1. The average molecular weight is 327 g/mol. The summed E-state index contributed by atoms with van der Waals surface area (Å²) in [7, 11) is 1.30. The maximum Gasteiger partial charge on any atom is 0.340 e. The van der Waals surface area contributed by atoms with Crippen molar-refractivity contribution in [3.63, 3.8) is 0 Å². The number of hydrogen-bond acceptors (Lipinski definition) is 4. The Morgan fingerprint density at radius 1 is 1.58 bits per heavy atom. The van der Waals surface area contributed by atoms with Crippen LogP contribution in [0.2, 0.25) is 0 Å². The zero-order chi connectivity index (χ0) is 14.0. The number of benzene rings is 1. The molecule has 1 aliphatic heterocycles. The minimum atomic E-state index is -0.497. The van der Waals surface area contributed by atoms with Crippen molar-refractivity contribution in [2.45, 2.75) is 6.42 Å². The number of ether oxygens (including phenoxy) is 1. The van der Waals surface area contributed by atoms with Crippen molar-refractivity contribution in [1.82, 2.24) is 0 Å². The number of nitrogen functional groups attached to an aromatic ring is 1. The van der Waals surface area contributed by atoms with E-state index in [2.05, 4.69) is 20.7 Å². The largest absolute Gasteiger partial charge is 0.465 e. The highest BCUT2D eigenvalue weighted by Gasteiger charge is 2.31.